The topological polar surface area (TPSA) is 0 Å². The number of hydrogen-bond donors (Lipinski definition) is 0. The van der Waals surface area contributed by atoms with Crippen molar-refractivity contribution in [3.63, 3.8) is 0 Å². The summed E-state index contributed by atoms with van der Waals surface area (Å²) in [7, 11) is 0. The molecule has 0 spiro atoms. The van der Waals surface area contributed by atoms with Crippen LogP contribution in [-0.4, -0.2) is 4.33 Å². The maximum atomic E-state index is 5.68. The van der Waals surface area contributed by atoms with Crippen molar-refractivity contribution in [3.05, 3.63) is 45.4 Å². The van der Waals surface area contributed by atoms with Crippen LogP contribution in [0.2, 0.25) is 0 Å². The fourth-order valence-corrected chi connectivity index (χ4v) is 2.13. The summed E-state index contributed by atoms with van der Waals surface area (Å²) in [4.78, 5) is 0. The molecule has 0 radical (unpaired) electrons. The summed E-state index contributed by atoms with van der Waals surface area (Å²) in [5.74, 6) is 0. The second kappa shape index (κ2) is 6.44. The first-order valence-electron chi connectivity index (χ1n) is 3.53. The lowest BCUT2D eigenvalue weighted by Crippen LogP contribution is -2.09. The van der Waals surface area contributed by atoms with Crippen molar-refractivity contribution in [2.24, 2.45) is 0 Å². The highest BCUT2D eigenvalue weighted by atomic mass is 35.5. The molecule has 1 aliphatic carbocycles. The first-order chi connectivity index (χ1) is 6.80. The van der Waals surface area contributed by atoms with E-state index in [4.69, 9.17) is 69.6 Å². The molecule has 0 aromatic carbocycles. The van der Waals surface area contributed by atoms with Gasteiger partial charge in [0.05, 0.1) is 20.1 Å². The molecular weight excluding hydrogens is 321 g/mol. The zero-order chi connectivity index (χ0) is 12.2. The molecule has 0 saturated carbocycles. The van der Waals surface area contributed by atoms with Crippen LogP contribution in [0.4, 0.5) is 0 Å². The van der Waals surface area contributed by atoms with E-state index in [9.17, 15) is 0 Å². The zero-order valence-electron chi connectivity index (χ0n) is 7.34. The molecule has 84 valence electrons. The minimum absolute atomic E-state index is 0.0394. The summed E-state index contributed by atoms with van der Waals surface area (Å²) in [5.41, 5.74) is 0. The third-order valence-electron chi connectivity index (χ3n) is 1.30. The Morgan fingerprint density at radius 2 is 1.07 bits per heavy atom. The van der Waals surface area contributed by atoms with Crippen LogP contribution in [0.15, 0.2) is 45.4 Å². The Bertz CT molecular complexity index is 305. The van der Waals surface area contributed by atoms with Crippen molar-refractivity contribution in [2.75, 3.05) is 0 Å². The van der Waals surface area contributed by atoms with Crippen molar-refractivity contribution < 1.29 is 0 Å². The number of allylic oxidation sites excluding steroid dienone is 6. The van der Waals surface area contributed by atoms with Gasteiger partial charge in [0.15, 0.2) is 4.33 Å². The van der Waals surface area contributed by atoms with Gasteiger partial charge < -0.3 is 0 Å². The number of hydrogen-bond acceptors (Lipinski definition) is 0. The first-order valence-corrected chi connectivity index (χ1v) is 5.80. The average Bonchev–Trinajstić information content (AvgIpc) is 2.35. The standard InChI is InChI=1S/C5Cl6.C4H6/c6-1-2(7)4(9)5(10,11)3(1)8;1-3-4-2/h;3-4H,1-2H2. The van der Waals surface area contributed by atoms with Crippen LogP contribution in [0.3, 0.4) is 0 Å². The predicted molar refractivity (Wildman–Crippen MR) is 72.3 cm³/mol. The Morgan fingerprint density at radius 1 is 0.800 bits per heavy atom. The summed E-state index contributed by atoms with van der Waals surface area (Å²) in [6.45, 7) is 6.72. The Balaban J connectivity index is 0.000000423. The molecule has 0 unspecified atom stereocenters. The second-order valence-corrected chi connectivity index (χ2v) is 5.14. The molecule has 0 heterocycles. The molecule has 0 fully saturated rings. The van der Waals surface area contributed by atoms with Gasteiger partial charge in [-0.1, -0.05) is 94.9 Å². The van der Waals surface area contributed by atoms with Crippen molar-refractivity contribution in [2.45, 2.75) is 4.33 Å². The zero-order valence-corrected chi connectivity index (χ0v) is 11.9. The average molecular weight is 327 g/mol. The molecule has 15 heavy (non-hydrogen) atoms. The number of rotatable bonds is 1. The summed E-state index contributed by atoms with van der Waals surface area (Å²) < 4.78 is -1.47. The Kier molecular flexibility index (Phi) is 6.74. The molecule has 1 aliphatic rings. The molecule has 1 rings (SSSR count). The molecule has 0 saturated heterocycles. The highest BCUT2D eigenvalue weighted by Crippen LogP contribution is 2.53. The predicted octanol–water partition coefficient (Wildman–Crippen LogP) is 5.91. The number of alkyl halides is 2. The minimum atomic E-state index is -1.47. The van der Waals surface area contributed by atoms with Crippen LogP contribution in [0.5, 0.6) is 0 Å². The summed E-state index contributed by atoms with van der Waals surface area (Å²) in [6.07, 6.45) is 3.28. The van der Waals surface area contributed by atoms with Crippen LogP contribution >= 0.6 is 69.6 Å². The van der Waals surface area contributed by atoms with E-state index in [1.165, 1.54) is 0 Å². The fourth-order valence-electron chi connectivity index (χ4n) is 0.565. The fraction of sp³-hybridized carbons (Fsp3) is 0.111. The smallest absolute Gasteiger partial charge is 0.0991 e. The van der Waals surface area contributed by atoms with Gasteiger partial charge in [0.1, 0.15) is 0 Å². The van der Waals surface area contributed by atoms with Crippen molar-refractivity contribution in [1.29, 1.82) is 0 Å². The quantitative estimate of drug-likeness (QED) is 0.415. The Morgan fingerprint density at radius 3 is 1.13 bits per heavy atom. The van der Waals surface area contributed by atoms with Gasteiger partial charge in [0.25, 0.3) is 0 Å². The minimum Gasteiger partial charge on any atom is -0.0991 e. The molecule has 6 heteroatoms. The molecule has 0 atom stereocenters. The van der Waals surface area contributed by atoms with Crippen LogP contribution in [0.1, 0.15) is 0 Å². The molecule has 0 N–H and O–H groups in total. The molecule has 0 aromatic rings. The van der Waals surface area contributed by atoms with Gasteiger partial charge in [-0.15, -0.1) is 0 Å². The normalized spacial score (nSPS) is 18.5. The van der Waals surface area contributed by atoms with E-state index in [1.54, 1.807) is 12.2 Å². The van der Waals surface area contributed by atoms with E-state index < -0.39 is 4.33 Å². The van der Waals surface area contributed by atoms with E-state index in [1.807, 2.05) is 0 Å². The van der Waals surface area contributed by atoms with Gasteiger partial charge >= 0.3 is 0 Å². The maximum absolute atomic E-state index is 5.68. The van der Waals surface area contributed by atoms with Crippen molar-refractivity contribution in [3.8, 4) is 0 Å². The van der Waals surface area contributed by atoms with Crippen LogP contribution in [0, 0.1) is 0 Å². The molecule has 0 amide bonds. The molecule has 0 aliphatic heterocycles. The molecule has 0 nitrogen and oxygen atoms in total. The lowest BCUT2D eigenvalue weighted by Gasteiger charge is -2.11. The second-order valence-electron chi connectivity index (χ2n) is 2.30. The molecular formula is C9H6Cl6. The van der Waals surface area contributed by atoms with Crippen LogP contribution in [-0.2, 0) is 0 Å². The van der Waals surface area contributed by atoms with Gasteiger partial charge in [-0.25, -0.2) is 0 Å². The number of halogens is 6. The van der Waals surface area contributed by atoms with Crippen molar-refractivity contribution >= 4 is 69.6 Å². The highest BCUT2D eigenvalue weighted by Gasteiger charge is 2.42. The van der Waals surface area contributed by atoms with E-state index in [2.05, 4.69) is 13.2 Å². The monoisotopic (exact) mass is 324 g/mol. The SMILES string of the molecule is C=CC=C.ClC1=C(Cl)C(Cl)(Cl)C(Cl)=C1Cl. The highest BCUT2D eigenvalue weighted by molar-refractivity contribution is 6.67. The van der Waals surface area contributed by atoms with Gasteiger partial charge in [0, 0.05) is 0 Å². The molecule has 0 bridgehead atoms. The lowest BCUT2D eigenvalue weighted by atomic mass is 10.4. The van der Waals surface area contributed by atoms with E-state index in [-0.39, 0.29) is 20.1 Å². The Labute approximate surface area is 119 Å². The largest absolute Gasteiger partial charge is 0.191 e. The summed E-state index contributed by atoms with van der Waals surface area (Å²) in [5, 5.41) is 0.279. The van der Waals surface area contributed by atoms with Gasteiger partial charge in [-0.05, 0) is 0 Å². The maximum Gasteiger partial charge on any atom is 0.191 e. The third kappa shape index (κ3) is 3.59. The Hall–Kier alpha value is 0.700. The van der Waals surface area contributed by atoms with E-state index >= 15 is 0 Å². The lowest BCUT2D eigenvalue weighted by molar-refractivity contribution is 1.24. The van der Waals surface area contributed by atoms with Gasteiger partial charge in [-0.3, -0.25) is 0 Å². The van der Waals surface area contributed by atoms with Gasteiger partial charge in [-0.2, -0.15) is 0 Å². The molecule has 0 aromatic heterocycles. The van der Waals surface area contributed by atoms with Crippen LogP contribution < -0.4 is 0 Å². The van der Waals surface area contributed by atoms with Crippen LogP contribution in [0.25, 0.3) is 0 Å². The van der Waals surface area contributed by atoms with E-state index in [0.29, 0.717) is 0 Å². The summed E-state index contributed by atoms with van der Waals surface area (Å²) in [6, 6.07) is 0. The van der Waals surface area contributed by atoms with Gasteiger partial charge in [0.2, 0.25) is 0 Å². The third-order valence-corrected chi connectivity index (χ3v) is 4.43. The summed E-state index contributed by atoms with van der Waals surface area (Å²) >= 11 is 33.8. The van der Waals surface area contributed by atoms with Crippen molar-refractivity contribution in [1.82, 2.24) is 0 Å². The van der Waals surface area contributed by atoms with E-state index in [0.717, 1.165) is 0 Å². The first kappa shape index (κ1) is 15.7.